The Balaban J connectivity index is 3.26. The van der Waals surface area contributed by atoms with E-state index in [2.05, 4.69) is 0 Å². The summed E-state index contributed by atoms with van der Waals surface area (Å²) in [6.45, 7) is 7.45. The Morgan fingerprint density at radius 2 is 1.52 bits per heavy atom. The molecule has 0 radical (unpaired) electrons. The van der Waals surface area contributed by atoms with Gasteiger partial charge in [-0.2, -0.15) is 0 Å². The zero-order chi connectivity index (χ0) is 17.6. The SMILES string of the molecule is COc1cccc(OC)c1C(=O)C(CC(C)C)C(=O)OC(C)C. The minimum Gasteiger partial charge on any atom is -0.496 e. The molecule has 0 spiro atoms. The van der Waals surface area contributed by atoms with Gasteiger partial charge in [0.05, 0.1) is 20.3 Å². The van der Waals surface area contributed by atoms with E-state index in [1.165, 1.54) is 14.2 Å². The molecule has 1 aromatic carbocycles. The van der Waals surface area contributed by atoms with E-state index < -0.39 is 11.9 Å². The summed E-state index contributed by atoms with van der Waals surface area (Å²) in [4.78, 5) is 25.4. The first-order valence-electron chi connectivity index (χ1n) is 7.77. The van der Waals surface area contributed by atoms with E-state index >= 15 is 0 Å². The summed E-state index contributed by atoms with van der Waals surface area (Å²) in [6.07, 6.45) is 0.135. The van der Waals surface area contributed by atoms with Crippen molar-refractivity contribution >= 4 is 11.8 Å². The predicted octanol–water partition coefficient (Wildman–Crippen LogP) is 3.50. The Kier molecular flexibility index (Phi) is 7.07. The fourth-order valence-electron chi connectivity index (χ4n) is 2.36. The topological polar surface area (TPSA) is 61.8 Å². The highest BCUT2D eigenvalue weighted by molar-refractivity contribution is 6.11. The third-order valence-corrected chi connectivity index (χ3v) is 3.33. The summed E-state index contributed by atoms with van der Waals surface area (Å²) < 4.78 is 15.8. The summed E-state index contributed by atoms with van der Waals surface area (Å²) in [5.41, 5.74) is 0.281. The molecule has 1 aromatic rings. The highest BCUT2D eigenvalue weighted by atomic mass is 16.5. The Morgan fingerprint density at radius 3 is 1.91 bits per heavy atom. The van der Waals surface area contributed by atoms with Crippen LogP contribution in [0.5, 0.6) is 11.5 Å². The molecule has 1 rings (SSSR count). The standard InChI is InChI=1S/C18H26O5/c1-11(2)10-13(18(20)23-12(3)4)17(19)16-14(21-5)8-7-9-15(16)22-6/h7-9,11-13H,10H2,1-6H3. The number of hydrogen-bond donors (Lipinski definition) is 0. The van der Waals surface area contributed by atoms with Crippen LogP contribution in [0.3, 0.4) is 0 Å². The molecule has 5 heteroatoms. The molecule has 0 amide bonds. The van der Waals surface area contributed by atoms with Gasteiger partial charge in [-0.15, -0.1) is 0 Å². The molecule has 5 nitrogen and oxygen atoms in total. The molecule has 0 bridgehead atoms. The van der Waals surface area contributed by atoms with Gasteiger partial charge in [-0.25, -0.2) is 0 Å². The average Bonchev–Trinajstić information content (AvgIpc) is 2.50. The molecular weight excluding hydrogens is 296 g/mol. The molecular formula is C18H26O5. The molecule has 23 heavy (non-hydrogen) atoms. The van der Waals surface area contributed by atoms with Gasteiger partial charge in [0.2, 0.25) is 0 Å². The van der Waals surface area contributed by atoms with Crippen LogP contribution in [0, 0.1) is 11.8 Å². The third-order valence-electron chi connectivity index (χ3n) is 3.33. The largest absolute Gasteiger partial charge is 0.496 e. The molecule has 0 aliphatic rings. The minimum atomic E-state index is -0.873. The van der Waals surface area contributed by atoms with Crippen LogP contribution in [-0.2, 0) is 9.53 Å². The lowest BCUT2D eigenvalue weighted by molar-refractivity contribution is -0.151. The van der Waals surface area contributed by atoms with Crippen molar-refractivity contribution in [1.82, 2.24) is 0 Å². The van der Waals surface area contributed by atoms with E-state index in [0.29, 0.717) is 17.9 Å². The van der Waals surface area contributed by atoms with Crippen molar-refractivity contribution in [2.75, 3.05) is 14.2 Å². The quantitative estimate of drug-likeness (QED) is 0.416. The number of carbonyl (C=O) groups excluding carboxylic acids is 2. The first-order chi connectivity index (χ1) is 10.8. The highest BCUT2D eigenvalue weighted by Crippen LogP contribution is 2.32. The number of carbonyl (C=O) groups is 2. The number of Topliss-reactive ketones (excluding diaryl/α,β-unsaturated/α-hetero) is 1. The van der Waals surface area contributed by atoms with Gasteiger partial charge in [0.1, 0.15) is 23.0 Å². The second-order valence-corrected chi connectivity index (χ2v) is 6.07. The number of rotatable bonds is 8. The summed E-state index contributed by atoms with van der Waals surface area (Å²) in [7, 11) is 2.96. The van der Waals surface area contributed by atoms with Gasteiger partial charge in [0.25, 0.3) is 0 Å². The van der Waals surface area contributed by atoms with Gasteiger partial charge in [-0.3, -0.25) is 9.59 Å². The van der Waals surface area contributed by atoms with E-state index in [4.69, 9.17) is 14.2 Å². The fraction of sp³-hybridized carbons (Fsp3) is 0.556. The van der Waals surface area contributed by atoms with Crippen molar-refractivity contribution in [3.63, 3.8) is 0 Å². The molecule has 1 atom stereocenters. The van der Waals surface area contributed by atoms with Gasteiger partial charge < -0.3 is 14.2 Å². The Hall–Kier alpha value is -2.04. The van der Waals surface area contributed by atoms with Gasteiger partial charge in [-0.1, -0.05) is 19.9 Å². The summed E-state index contributed by atoms with van der Waals surface area (Å²) >= 11 is 0. The smallest absolute Gasteiger partial charge is 0.317 e. The molecule has 0 aliphatic heterocycles. The van der Waals surface area contributed by atoms with Gasteiger partial charge in [0, 0.05) is 0 Å². The monoisotopic (exact) mass is 322 g/mol. The van der Waals surface area contributed by atoms with Crippen molar-refractivity contribution in [3.8, 4) is 11.5 Å². The van der Waals surface area contributed by atoms with Crippen LogP contribution >= 0.6 is 0 Å². The number of ketones is 1. The van der Waals surface area contributed by atoms with Crippen LogP contribution in [0.4, 0.5) is 0 Å². The first-order valence-corrected chi connectivity index (χ1v) is 7.77. The van der Waals surface area contributed by atoms with Crippen molar-refractivity contribution in [1.29, 1.82) is 0 Å². The zero-order valence-corrected chi connectivity index (χ0v) is 14.7. The minimum absolute atomic E-state index is 0.171. The molecule has 0 saturated carbocycles. The second-order valence-electron chi connectivity index (χ2n) is 6.07. The Labute approximate surface area is 137 Å². The number of hydrogen-bond acceptors (Lipinski definition) is 5. The summed E-state index contributed by atoms with van der Waals surface area (Å²) in [5, 5.41) is 0. The predicted molar refractivity (Wildman–Crippen MR) is 88.0 cm³/mol. The Bertz CT molecular complexity index is 526. The van der Waals surface area contributed by atoms with Gasteiger partial charge >= 0.3 is 5.97 Å². The zero-order valence-electron chi connectivity index (χ0n) is 14.7. The van der Waals surface area contributed by atoms with Crippen molar-refractivity contribution in [2.45, 2.75) is 40.2 Å². The van der Waals surface area contributed by atoms with Crippen LogP contribution in [0.1, 0.15) is 44.5 Å². The Morgan fingerprint density at radius 1 is 1.00 bits per heavy atom. The van der Waals surface area contributed by atoms with E-state index in [1.54, 1.807) is 32.0 Å². The number of methoxy groups -OCH3 is 2. The normalized spacial score (nSPS) is 12.2. The van der Waals surface area contributed by atoms with E-state index in [0.717, 1.165) is 0 Å². The van der Waals surface area contributed by atoms with Crippen LogP contribution < -0.4 is 9.47 Å². The number of esters is 1. The highest BCUT2D eigenvalue weighted by Gasteiger charge is 2.34. The van der Waals surface area contributed by atoms with Crippen LogP contribution in [-0.4, -0.2) is 32.1 Å². The lowest BCUT2D eigenvalue weighted by Crippen LogP contribution is -2.30. The third kappa shape index (κ3) is 4.98. The molecule has 0 aromatic heterocycles. The van der Waals surface area contributed by atoms with Crippen molar-refractivity contribution in [3.05, 3.63) is 23.8 Å². The number of benzene rings is 1. The molecule has 128 valence electrons. The van der Waals surface area contributed by atoms with E-state index in [-0.39, 0.29) is 23.4 Å². The average molecular weight is 322 g/mol. The molecule has 0 heterocycles. The molecule has 0 fully saturated rings. The lowest BCUT2D eigenvalue weighted by atomic mass is 9.89. The maximum atomic E-state index is 13.0. The maximum absolute atomic E-state index is 13.0. The summed E-state index contributed by atoms with van der Waals surface area (Å²) in [5.74, 6) is -0.766. The molecule has 1 unspecified atom stereocenters. The maximum Gasteiger partial charge on any atom is 0.317 e. The van der Waals surface area contributed by atoms with E-state index in [1.807, 2.05) is 13.8 Å². The van der Waals surface area contributed by atoms with Gasteiger partial charge in [0.15, 0.2) is 5.78 Å². The second kappa shape index (κ2) is 8.56. The van der Waals surface area contributed by atoms with E-state index in [9.17, 15) is 9.59 Å². The molecule has 0 saturated heterocycles. The number of ether oxygens (including phenoxy) is 3. The lowest BCUT2D eigenvalue weighted by Gasteiger charge is -2.20. The fourth-order valence-corrected chi connectivity index (χ4v) is 2.36. The van der Waals surface area contributed by atoms with Crippen LogP contribution in [0.15, 0.2) is 18.2 Å². The summed E-state index contributed by atoms with van der Waals surface area (Å²) in [6, 6.07) is 5.09. The van der Waals surface area contributed by atoms with Crippen LogP contribution in [0.2, 0.25) is 0 Å². The first kappa shape index (κ1) is 19.0. The molecule has 0 N–H and O–H groups in total. The molecule has 0 aliphatic carbocycles. The van der Waals surface area contributed by atoms with Crippen molar-refractivity contribution in [2.24, 2.45) is 11.8 Å². The van der Waals surface area contributed by atoms with Crippen molar-refractivity contribution < 1.29 is 23.8 Å². The van der Waals surface area contributed by atoms with Gasteiger partial charge in [-0.05, 0) is 38.3 Å². The van der Waals surface area contributed by atoms with Crippen LogP contribution in [0.25, 0.3) is 0 Å².